The second-order valence-corrected chi connectivity index (χ2v) is 4.06. The molecule has 1 aromatic carbocycles. The molecule has 0 aromatic heterocycles. The number of likely N-dealkylation sites (N-methyl/N-ethyl adjacent to an activating group) is 1. The van der Waals surface area contributed by atoms with Crippen molar-refractivity contribution in [3.8, 4) is 5.75 Å². The summed E-state index contributed by atoms with van der Waals surface area (Å²) in [5, 5.41) is 10.1. The first-order valence-corrected chi connectivity index (χ1v) is 5.17. The van der Waals surface area contributed by atoms with Gasteiger partial charge >= 0.3 is 0 Å². The van der Waals surface area contributed by atoms with Crippen LogP contribution in [0.4, 0.5) is 0 Å². The highest BCUT2D eigenvalue weighted by Gasteiger charge is 2.07. The Morgan fingerprint density at radius 2 is 2.07 bits per heavy atom. The van der Waals surface area contributed by atoms with E-state index in [4.69, 9.17) is 16.3 Å². The molecule has 3 nitrogen and oxygen atoms in total. The highest BCUT2D eigenvalue weighted by atomic mass is 35.5. The molecular formula is C11H16ClNO2. The monoisotopic (exact) mass is 229 g/mol. The van der Waals surface area contributed by atoms with Gasteiger partial charge in [0.1, 0.15) is 18.5 Å². The third-order valence-corrected chi connectivity index (χ3v) is 2.16. The lowest BCUT2D eigenvalue weighted by Crippen LogP contribution is -2.30. The fraction of sp³-hybridized carbons (Fsp3) is 0.455. The molecule has 0 radical (unpaired) electrons. The highest BCUT2D eigenvalue weighted by Crippen LogP contribution is 2.22. The molecule has 1 atom stereocenters. The van der Waals surface area contributed by atoms with E-state index in [1.807, 2.05) is 31.1 Å². The van der Waals surface area contributed by atoms with Crippen molar-refractivity contribution >= 4 is 11.6 Å². The van der Waals surface area contributed by atoms with Crippen molar-refractivity contribution < 1.29 is 9.84 Å². The Labute approximate surface area is 95.2 Å². The van der Waals surface area contributed by atoms with Crippen LogP contribution in [-0.4, -0.2) is 43.4 Å². The van der Waals surface area contributed by atoms with Crippen molar-refractivity contribution in [1.82, 2.24) is 4.90 Å². The predicted molar refractivity (Wildman–Crippen MR) is 61.5 cm³/mol. The zero-order valence-corrected chi connectivity index (χ0v) is 9.74. The maximum absolute atomic E-state index is 9.56. The van der Waals surface area contributed by atoms with Crippen LogP contribution in [0, 0.1) is 0 Å². The minimum absolute atomic E-state index is 0.252. The summed E-state index contributed by atoms with van der Waals surface area (Å²) in [6.07, 6.45) is -0.503. The fourth-order valence-electron chi connectivity index (χ4n) is 1.22. The molecule has 1 rings (SSSR count). The van der Waals surface area contributed by atoms with Crippen LogP contribution in [-0.2, 0) is 0 Å². The number of aliphatic hydroxyl groups is 1. The molecule has 15 heavy (non-hydrogen) atoms. The number of halogens is 1. The Kier molecular flexibility index (Phi) is 4.88. The van der Waals surface area contributed by atoms with E-state index in [2.05, 4.69) is 0 Å². The topological polar surface area (TPSA) is 32.7 Å². The molecule has 84 valence electrons. The van der Waals surface area contributed by atoms with E-state index in [1.54, 1.807) is 12.1 Å². The molecule has 0 spiro atoms. The van der Waals surface area contributed by atoms with E-state index >= 15 is 0 Å². The van der Waals surface area contributed by atoms with Crippen LogP contribution < -0.4 is 4.74 Å². The quantitative estimate of drug-likeness (QED) is 0.833. The Morgan fingerprint density at radius 1 is 1.40 bits per heavy atom. The number of aliphatic hydroxyl groups excluding tert-OH is 1. The Morgan fingerprint density at radius 3 is 2.67 bits per heavy atom. The number of ether oxygens (including phenoxy) is 1. The van der Waals surface area contributed by atoms with Gasteiger partial charge in [0.05, 0.1) is 5.02 Å². The summed E-state index contributed by atoms with van der Waals surface area (Å²) >= 11 is 5.90. The minimum atomic E-state index is -0.503. The second-order valence-electron chi connectivity index (χ2n) is 3.66. The number of rotatable bonds is 5. The van der Waals surface area contributed by atoms with E-state index in [0.717, 1.165) is 0 Å². The van der Waals surface area contributed by atoms with E-state index < -0.39 is 6.10 Å². The molecule has 4 heteroatoms. The summed E-state index contributed by atoms with van der Waals surface area (Å²) in [5.41, 5.74) is 0. The molecule has 0 aliphatic carbocycles. The molecule has 0 saturated heterocycles. The van der Waals surface area contributed by atoms with Crippen LogP contribution in [0.3, 0.4) is 0 Å². The molecule has 1 N–H and O–H groups in total. The van der Waals surface area contributed by atoms with Crippen molar-refractivity contribution in [1.29, 1.82) is 0 Å². The third kappa shape index (κ3) is 4.51. The maximum Gasteiger partial charge on any atom is 0.138 e. The standard InChI is InChI=1S/C11H16ClNO2/c1-13(2)7-9(14)8-15-11-6-4-3-5-10(11)12/h3-6,9,14H,7-8H2,1-2H3/t9-/m1/s1. The van der Waals surface area contributed by atoms with Gasteiger partial charge in [-0.25, -0.2) is 0 Å². The van der Waals surface area contributed by atoms with Crippen LogP contribution >= 0.6 is 11.6 Å². The molecule has 0 saturated carbocycles. The minimum Gasteiger partial charge on any atom is -0.489 e. The average molecular weight is 230 g/mol. The largest absolute Gasteiger partial charge is 0.489 e. The van der Waals surface area contributed by atoms with E-state index in [-0.39, 0.29) is 6.61 Å². The number of hydrogen-bond acceptors (Lipinski definition) is 3. The maximum atomic E-state index is 9.56. The number of para-hydroxylation sites is 1. The third-order valence-electron chi connectivity index (χ3n) is 1.84. The van der Waals surface area contributed by atoms with E-state index in [0.29, 0.717) is 17.3 Å². The summed E-state index contributed by atoms with van der Waals surface area (Å²) in [6, 6.07) is 7.23. The molecule has 0 aliphatic rings. The smallest absolute Gasteiger partial charge is 0.138 e. The van der Waals surface area contributed by atoms with Gasteiger partial charge < -0.3 is 14.7 Å². The van der Waals surface area contributed by atoms with Gasteiger partial charge in [0.2, 0.25) is 0 Å². The summed E-state index contributed by atoms with van der Waals surface area (Å²) in [7, 11) is 3.80. The van der Waals surface area contributed by atoms with Gasteiger partial charge in [-0.1, -0.05) is 23.7 Å². The lowest BCUT2D eigenvalue weighted by molar-refractivity contribution is 0.0831. The first-order chi connectivity index (χ1) is 7.09. The average Bonchev–Trinajstić information content (AvgIpc) is 2.15. The number of nitrogens with zero attached hydrogens (tertiary/aromatic N) is 1. The van der Waals surface area contributed by atoms with E-state index in [9.17, 15) is 5.11 Å². The van der Waals surface area contributed by atoms with Gasteiger partial charge in [0.25, 0.3) is 0 Å². The molecule has 0 heterocycles. The Hall–Kier alpha value is -0.770. The van der Waals surface area contributed by atoms with Gasteiger partial charge in [-0.3, -0.25) is 0 Å². The highest BCUT2D eigenvalue weighted by molar-refractivity contribution is 6.32. The zero-order chi connectivity index (χ0) is 11.3. The van der Waals surface area contributed by atoms with Gasteiger partial charge in [-0.2, -0.15) is 0 Å². The first kappa shape index (κ1) is 12.3. The van der Waals surface area contributed by atoms with Crippen LogP contribution in [0.25, 0.3) is 0 Å². The molecule has 0 bridgehead atoms. The predicted octanol–water partition coefficient (Wildman–Crippen LogP) is 1.64. The van der Waals surface area contributed by atoms with Crippen molar-refractivity contribution in [3.63, 3.8) is 0 Å². The lowest BCUT2D eigenvalue weighted by Gasteiger charge is -2.16. The summed E-state index contributed by atoms with van der Waals surface area (Å²) in [4.78, 5) is 1.90. The Balaban J connectivity index is 2.40. The van der Waals surface area contributed by atoms with Gasteiger partial charge in [0.15, 0.2) is 0 Å². The van der Waals surface area contributed by atoms with Crippen molar-refractivity contribution in [2.24, 2.45) is 0 Å². The normalized spacial score (nSPS) is 12.9. The summed E-state index contributed by atoms with van der Waals surface area (Å²) in [5.74, 6) is 0.608. The molecule has 0 fully saturated rings. The lowest BCUT2D eigenvalue weighted by atomic mass is 10.3. The van der Waals surface area contributed by atoms with Crippen molar-refractivity contribution in [3.05, 3.63) is 29.3 Å². The summed E-state index contributed by atoms with van der Waals surface area (Å²) in [6.45, 7) is 0.826. The van der Waals surface area contributed by atoms with Crippen LogP contribution in [0.15, 0.2) is 24.3 Å². The van der Waals surface area contributed by atoms with Gasteiger partial charge in [-0.05, 0) is 26.2 Å². The fourth-order valence-corrected chi connectivity index (χ4v) is 1.41. The first-order valence-electron chi connectivity index (χ1n) is 4.79. The van der Waals surface area contributed by atoms with Crippen LogP contribution in [0.2, 0.25) is 5.02 Å². The SMILES string of the molecule is CN(C)C[C@@H](O)COc1ccccc1Cl. The summed E-state index contributed by atoms with van der Waals surface area (Å²) < 4.78 is 5.39. The number of hydrogen-bond donors (Lipinski definition) is 1. The van der Waals surface area contributed by atoms with Gasteiger partial charge in [0, 0.05) is 6.54 Å². The van der Waals surface area contributed by atoms with Crippen molar-refractivity contribution in [2.45, 2.75) is 6.10 Å². The number of benzene rings is 1. The zero-order valence-electron chi connectivity index (χ0n) is 8.98. The second kappa shape index (κ2) is 5.95. The van der Waals surface area contributed by atoms with E-state index in [1.165, 1.54) is 0 Å². The van der Waals surface area contributed by atoms with Crippen LogP contribution in [0.5, 0.6) is 5.75 Å². The Bertz CT molecular complexity index is 304. The van der Waals surface area contributed by atoms with Crippen molar-refractivity contribution in [2.75, 3.05) is 27.2 Å². The molecular weight excluding hydrogens is 214 g/mol. The van der Waals surface area contributed by atoms with Gasteiger partial charge in [-0.15, -0.1) is 0 Å². The molecule has 1 aromatic rings. The molecule has 0 aliphatic heterocycles. The molecule has 0 amide bonds. The van der Waals surface area contributed by atoms with Crippen LogP contribution in [0.1, 0.15) is 0 Å². The molecule has 0 unspecified atom stereocenters.